The SMILES string of the molecule is Cc1cc(CNC(=O)c2cccc(Br)c2)nc(N2CCCC2)n1. The molecule has 0 unspecified atom stereocenters. The van der Waals surface area contributed by atoms with Crippen LogP contribution in [-0.4, -0.2) is 29.0 Å². The number of hydrogen-bond donors (Lipinski definition) is 1. The normalized spacial score (nSPS) is 14.1. The molecule has 0 bridgehead atoms. The highest BCUT2D eigenvalue weighted by molar-refractivity contribution is 9.10. The van der Waals surface area contributed by atoms with E-state index in [1.165, 1.54) is 12.8 Å². The Labute approximate surface area is 144 Å². The molecular weight excluding hydrogens is 356 g/mol. The predicted octanol–water partition coefficient (Wildman–Crippen LogP) is 3.08. The van der Waals surface area contributed by atoms with E-state index in [0.717, 1.165) is 34.9 Å². The first kappa shape index (κ1) is 15.9. The number of amides is 1. The Morgan fingerprint density at radius 1 is 1.26 bits per heavy atom. The van der Waals surface area contributed by atoms with Gasteiger partial charge in [-0.3, -0.25) is 4.79 Å². The molecule has 1 N–H and O–H groups in total. The van der Waals surface area contributed by atoms with Gasteiger partial charge in [0.1, 0.15) is 0 Å². The third-order valence-electron chi connectivity index (χ3n) is 3.80. The van der Waals surface area contributed by atoms with E-state index in [-0.39, 0.29) is 5.91 Å². The second-order valence-electron chi connectivity index (χ2n) is 5.69. The fourth-order valence-corrected chi connectivity index (χ4v) is 3.07. The molecule has 1 aliphatic rings. The number of hydrogen-bond acceptors (Lipinski definition) is 4. The minimum Gasteiger partial charge on any atom is -0.346 e. The third kappa shape index (κ3) is 4.07. The van der Waals surface area contributed by atoms with Crippen LogP contribution >= 0.6 is 15.9 Å². The first-order chi connectivity index (χ1) is 11.1. The lowest BCUT2D eigenvalue weighted by atomic mass is 10.2. The number of rotatable bonds is 4. The van der Waals surface area contributed by atoms with Gasteiger partial charge in [0.25, 0.3) is 5.91 Å². The second kappa shape index (κ2) is 7.08. The monoisotopic (exact) mass is 374 g/mol. The van der Waals surface area contributed by atoms with Gasteiger partial charge in [-0.1, -0.05) is 22.0 Å². The predicted molar refractivity (Wildman–Crippen MR) is 93.5 cm³/mol. The molecule has 6 heteroatoms. The number of carbonyl (C=O) groups is 1. The van der Waals surface area contributed by atoms with Crippen molar-refractivity contribution in [3.05, 3.63) is 51.8 Å². The van der Waals surface area contributed by atoms with E-state index in [4.69, 9.17) is 0 Å². The summed E-state index contributed by atoms with van der Waals surface area (Å²) in [5.41, 5.74) is 2.39. The molecule has 2 heterocycles. The first-order valence-corrected chi connectivity index (χ1v) is 8.54. The Balaban J connectivity index is 1.69. The average Bonchev–Trinajstić information content (AvgIpc) is 3.06. The minimum absolute atomic E-state index is 0.106. The first-order valence-electron chi connectivity index (χ1n) is 7.75. The van der Waals surface area contributed by atoms with E-state index in [0.29, 0.717) is 12.1 Å². The molecule has 1 saturated heterocycles. The van der Waals surface area contributed by atoms with Crippen molar-refractivity contribution in [1.29, 1.82) is 0 Å². The van der Waals surface area contributed by atoms with Crippen LogP contribution in [0.15, 0.2) is 34.8 Å². The number of nitrogens with zero attached hydrogens (tertiary/aromatic N) is 3. The van der Waals surface area contributed by atoms with Crippen molar-refractivity contribution in [2.75, 3.05) is 18.0 Å². The molecule has 1 amide bonds. The summed E-state index contributed by atoms with van der Waals surface area (Å²) in [6, 6.07) is 9.25. The molecule has 0 spiro atoms. The van der Waals surface area contributed by atoms with E-state index in [2.05, 4.69) is 36.1 Å². The topological polar surface area (TPSA) is 58.1 Å². The summed E-state index contributed by atoms with van der Waals surface area (Å²) in [5.74, 6) is 0.666. The van der Waals surface area contributed by atoms with Crippen molar-refractivity contribution < 1.29 is 4.79 Å². The van der Waals surface area contributed by atoms with Gasteiger partial charge in [-0.2, -0.15) is 0 Å². The van der Waals surface area contributed by atoms with Gasteiger partial charge in [-0.25, -0.2) is 9.97 Å². The number of anilines is 1. The number of aryl methyl sites for hydroxylation is 1. The van der Waals surface area contributed by atoms with Crippen LogP contribution in [0.2, 0.25) is 0 Å². The van der Waals surface area contributed by atoms with Crippen LogP contribution in [0.5, 0.6) is 0 Å². The standard InChI is InChI=1S/C17H19BrN4O/c1-12-9-15(21-17(20-12)22-7-2-3-8-22)11-19-16(23)13-5-4-6-14(18)10-13/h4-6,9-10H,2-3,7-8,11H2,1H3,(H,19,23). The molecule has 3 rings (SSSR count). The van der Waals surface area contributed by atoms with Crippen molar-refractivity contribution in [3.63, 3.8) is 0 Å². The van der Waals surface area contributed by atoms with E-state index in [1.54, 1.807) is 12.1 Å². The van der Waals surface area contributed by atoms with Crippen molar-refractivity contribution in [2.24, 2.45) is 0 Å². The maximum atomic E-state index is 12.2. The van der Waals surface area contributed by atoms with Crippen molar-refractivity contribution >= 4 is 27.8 Å². The Morgan fingerprint density at radius 2 is 2.04 bits per heavy atom. The van der Waals surface area contributed by atoms with Crippen LogP contribution in [0, 0.1) is 6.92 Å². The summed E-state index contributed by atoms with van der Waals surface area (Å²) in [7, 11) is 0. The van der Waals surface area contributed by atoms with Gasteiger partial charge < -0.3 is 10.2 Å². The van der Waals surface area contributed by atoms with Crippen molar-refractivity contribution in [1.82, 2.24) is 15.3 Å². The molecule has 1 aliphatic heterocycles. The minimum atomic E-state index is -0.106. The molecule has 0 atom stereocenters. The van der Waals surface area contributed by atoms with Gasteiger partial charge in [0.2, 0.25) is 5.95 Å². The Morgan fingerprint density at radius 3 is 2.78 bits per heavy atom. The lowest BCUT2D eigenvalue weighted by Crippen LogP contribution is -2.25. The van der Waals surface area contributed by atoms with Crippen molar-refractivity contribution in [2.45, 2.75) is 26.3 Å². The van der Waals surface area contributed by atoms with Crippen LogP contribution in [0.1, 0.15) is 34.6 Å². The highest BCUT2D eigenvalue weighted by Gasteiger charge is 2.16. The molecule has 23 heavy (non-hydrogen) atoms. The van der Waals surface area contributed by atoms with Crippen LogP contribution in [0.25, 0.3) is 0 Å². The van der Waals surface area contributed by atoms with E-state index < -0.39 is 0 Å². The molecular formula is C17H19BrN4O. The van der Waals surface area contributed by atoms with Gasteiger partial charge in [-0.05, 0) is 44.0 Å². The number of benzene rings is 1. The van der Waals surface area contributed by atoms with E-state index in [9.17, 15) is 4.79 Å². The molecule has 120 valence electrons. The van der Waals surface area contributed by atoms with Gasteiger partial charge in [0.05, 0.1) is 12.2 Å². The average molecular weight is 375 g/mol. The van der Waals surface area contributed by atoms with Crippen LogP contribution in [0.4, 0.5) is 5.95 Å². The van der Waals surface area contributed by atoms with Crippen molar-refractivity contribution in [3.8, 4) is 0 Å². The van der Waals surface area contributed by atoms with E-state index >= 15 is 0 Å². The fraction of sp³-hybridized carbons (Fsp3) is 0.353. The molecule has 1 aromatic heterocycles. The molecule has 0 radical (unpaired) electrons. The summed E-state index contributed by atoms with van der Waals surface area (Å²) < 4.78 is 0.888. The molecule has 5 nitrogen and oxygen atoms in total. The Hall–Kier alpha value is -1.95. The van der Waals surface area contributed by atoms with Crippen LogP contribution < -0.4 is 10.2 Å². The van der Waals surface area contributed by atoms with Gasteiger partial charge >= 0.3 is 0 Å². The lowest BCUT2D eigenvalue weighted by Gasteiger charge is -2.16. The number of aromatic nitrogens is 2. The van der Waals surface area contributed by atoms with E-state index in [1.807, 2.05) is 25.1 Å². The summed E-state index contributed by atoms with van der Waals surface area (Å²) in [5, 5.41) is 2.92. The number of halogens is 1. The second-order valence-corrected chi connectivity index (χ2v) is 6.60. The van der Waals surface area contributed by atoms with Crippen LogP contribution in [0.3, 0.4) is 0 Å². The molecule has 1 fully saturated rings. The summed E-state index contributed by atoms with van der Waals surface area (Å²) >= 11 is 3.38. The zero-order valence-corrected chi connectivity index (χ0v) is 14.6. The number of carbonyl (C=O) groups excluding carboxylic acids is 1. The largest absolute Gasteiger partial charge is 0.346 e. The molecule has 2 aromatic rings. The maximum absolute atomic E-state index is 12.2. The zero-order valence-electron chi connectivity index (χ0n) is 13.1. The lowest BCUT2D eigenvalue weighted by molar-refractivity contribution is 0.0950. The maximum Gasteiger partial charge on any atom is 0.251 e. The van der Waals surface area contributed by atoms with Crippen LogP contribution in [-0.2, 0) is 6.54 Å². The fourth-order valence-electron chi connectivity index (χ4n) is 2.67. The Bertz CT molecular complexity index is 713. The molecule has 1 aromatic carbocycles. The number of nitrogens with one attached hydrogen (secondary N) is 1. The highest BCUT2D eigenvalue weighted by Crippen LogP contribution is 2.17. The quantitative estimate of drug-likeness (QED) is 0.893. The summed E-state index contributed by atoms with van der Waals surface area (Å²) in [6.07, 6.45) is 2.37. The zero-order chi connectivity index (χ0) is 16.2. The Kier molecular flexibility index (Phi) is 4.91. The smallest absolute Gasteiger partial charge is 0.251 e. The van der Waals surface area contributed by atoms with Gasteiger partial charge in [0, 0.05) is 28.8 Å². The highest BCUT2D eigenvalue weighted by atomic mass is 79.9. The summed E-state index contributed by atoms with van der Waals surface area (Å²) in [6.45, 7) is 4.37. The van der Waals surface area contributed by atoms with Gasteiger partial charge in [0.15, 0.2) is 0 Å². The summed E-state index contributed by atoms with van der Waals surface area (Å²) in [4.78, 5) is 23.5. The third-order valence-corrected chi connectivity index (χ3v) is 4.29. The molecule has 0 saturated carbocycles. The molecule has 0 aliphatic carbocycles. The van der Waals surface area contributed by atoms with Gasteiger partial charge in [-0.15, -0.1) is 0 Å².